The Morgan fingerprint density at radius 3 is 2.56 bits per heavy atom. The van der Waals surface area contributed by atoms with Gasteiger partial charge in [-0.2, -0.15) is 13.2 Å². The van der Waals surface area contributed by atoms with Crippen molar-refractivity contribution in [3.8, 4) is 0 Å². The molecule has 1 saturated heterocycles. The van der Waals surface area contributed by atoms with Crippen LogP contribution >= 0.6 is 0 Å². The maximum Gasteiger partial charge on any atom is 0.419 e. The van der Waals surface area contributed by atoms with Crippen LogP contribution < -0.4 is 4.90 Å². The number of rotatable bonds is 2. The van der Waals surface area contributed by atoms with Crippen LogP contribution in [0.15, 0.2) is 37.1 Å². The molecule has 4 rings (SSSR count). The second-order valence-corrected chi connectivity index (χ2v) is 6.91. The van der Waals surface area contributed by atoms with Crippen LogP contribution in [0.2, 0.25) is 0 Å². The van der Waals surface area contributed by atoms with E-state index in [-0.39, 0.29) is 23.7 Å². The normalized spacial score (nSPS) is 29.7. The number of imidazole rings is 1. The van der Waals surface area contributed by atoms with Gasteiger partial charge < -0.3 is 14.6 Å². The van der Waals surface area contributed by atoms with E-state index in [2.05, 4.69) is 9.97 Å². The summed E-state index contributed by atoms with van der Waals surface area (Å²) < 4.78 is 41.7. The van der Waals surface area contributed by atoms with Crippen LogP contribution in [0.3, 0.4) is 0 Å². The molecule has 25 heavy (non-hydrogen) atoms. The first-order valence-electron chi connectivity index (χ1n) is 8.36. The van der Waals surface area contributed by atoms with Gasteiger partial charge in [0, 0.05) is 31.7 Å². The summed E-state index contributed by atoms with van der Waals surface area (Å²) in [5, 5.41) is 10.5. The van der Waals surface area contributed by atoms with Crippen LogP contribution in [0.1, 0.15) is 24.4 Å². The molecule has 0 radical (unpaired) electrons. The number of fused-ring (bicyclic) bond motifs is 1. The number of halogens is 3. The number of hydrogen-bond acceptors (Lipinski definition) is 4. The van der Waals surface area contributed by atoms with E-state index in [9.17, 15) is 18.3 Å². The zero-order valence-corrected chi connectivity index (χ0v) is 13.5. The molecule has 8 heteroatoms. The molecule has 0 unspecified atom stereocenters. The Bertz CT molecular complexity index is 734. The summed E-state index contributed by atoms with van der Waals surface area (Å²) in [5.41, 5.74) is -0.694. The average Bonchev–Trinajstić information content (AvgIpc) is 3.22. The minimum Gasteiger partial charge on any atom is -0.391 e. The molecule has 1 saturated carbocycles. The molecule has 1 N–H and O–H groups in total. The number of aromatic nitrogens is 3. The van der Waals surface area contributed by atoms with E-state index >= 15 is 0 Å². The highest BCUT2D eigenvalue weighted by Gasteiger charge is 2.44. The molecule has 0 amide bonds. The van der Waals surface area contributed by atoms with Gasteiger partial charge in [-0.25, -0.2) is 9.97 Å². The molecule has 2 aliphatic rings. The van der Waals surface area contributed by atoms with E-state index < -0.39 is 17.8 Å². The van der Waals surface area contributed by atoms with E-state index in [1.165, 1.54) is 12.3 Å². The van der Waals surface area contributed by atoms with Crippen molar-refractivity contribution in [2.75, 3.05) is 18.0 Å². The highest BCUT2D eigenvalue weighted by molar-refractivity contribution is 5.49. The maximum atomic E-state index is 13.3. The van der Waals surface area contributed by atoms with Gasteiger partial charge in [-0.15, -0.1) is 0 Å². The first-order chi connectivity index (χ1) is 11.9. The summed E-state index contributed by atoms with van der Waals surface area (Å²) >= 11 is 0. The molecule has 0 bridgehead atoms. The number of nitrogens with zero attached hydrogens (tertiary/aromatic N) is 4. The Morgan fingerprint density at radius 2 is 1.88 bits per heavy atom. The molecule has 4 atom stereocenters. The highest BCUT2D eigenvalue weighted by atomic mass is 19.4. The quantitative estimate of drug-likeness (QED) is 0.903. The second-order valence-electron chi connectivity index (χ2n) is 6.91. The van der Waals surface area contributed by atoms with Crippen molar-refractivity contribution in [3.63, 3.8) is 0 Å². The lowest BCUT2D eigenvalue weighted by molar-refractivity contribution is -0.137. The van der Waals surface area contributed by atoms with Gasteiger partial charge in [0.2, 0.25) is 0 Å². The third kappa shape index (κ3) is 2.99. The molecular formula is C17H19F3N4O. The van der Waals surface area contributed by atoms with E-state index in [1.54, 1.807) is 17.4 Å². The molecular weight excluding hydrogens is 333 g/mol. The standard InChI is InChI=1S/C17H19F3N4O/c18-17(19,20)13-2-1-3-22-16(13)24-8-11-6-14(23-5-4-21-10-23)15(25)7-12(11)9-24/h1-5,10-12,14-15,25H,6-9H2/t11-,12+,14-,15-/m1/s1. The van der Waals surface area contributed by atoms with Gasteiger partial charge >= 0.3 is 6.18 Å². The monoisotopic (exact) mass is 352 g/mol. The van der Waals surface area contributed by atoms with Crippen molar-refractivity contribution in [2.45, 2.75) is 31.2 Å². The van der Waals surface area contributed by atoms with Gasteiger partial charge in [0.1, 0.15) is 5.82 Å². The predicted molar refractivity (Wildman–Crippen MR) is 84.9 cm³/mol. The lowest BCUT2D eigenvalue weighted by Gasteiger charge is -2.35. The zero-order chi connectivity index (χ0) is 17.6. The summed E-state index contributed by atoms with van der Waals surface area (Å²) in [4.78, 5) is 9.75. The topological polar surface area (TPSA) is 54.2 Å². The summed E-state index contributed by atoms with van der Waals surface area (Å²) in [6, 6.07) is 2.32. The van der Waals surface area contributed by atoms with Crippen molar-refractivity contribution in [2.24, 2.45) is 11.8 Å². The Kier molecular flexibility index (Phi) is 3.94. The van der Waals surface area contributed by atoms with Crippen LogP contribution in [0.5, 0.6) is 0 Å². The number of hydrogen-bond donors (Lipinski definition) is 1. The van der Waals surface area contributed by atoms with Crippen molar-refractivity contribution < 1.29 is 18.3 Å². The molecule has 2 aromatic heterocycles. The molecule has 1 aliphatic carbocycles. The van der Waals surface area contributed by atoms with Crippen LogP contribution in [-0.4, -0.2) is 38.8 Å². The molecule has 0 aromatic carbocycles. The van der Waals surface area contributed by atoms with Gasteiger partial charge in [0.05, 0.1) is 24.0 Å². The smallest absolute Gasteiger partial charge is 0.391 e. The Morgan fingerprint density at radius 1 is 1.12 bits per heavy atom. The Hall–Kier alpha value is -2.09. The highest BCUT2D eigenvalue weighted by Crippen LogP contribution is 2.44. The zero-order valence-electron chi connectivity index (χ0n) is 13.5. The second kappa shape index (κ2) is 6.01. The van der Waals surface area contributed by atoms with Crippen molar-refractivity contribution in [1.29, 1.82) is 0 Å². The predicted octanol–water partition coefficient (Wildman–Crippen LogP) is 2.75. The van der Waals surface area contributed by atoms with Gasteiger partial charge in [0.15, 0.2) is 0 Å². The van der Waals surface area contributed by atoms with Gasteiger partial charge in [-0.1, -0.05) is 0 Å². The largest absolute Gasteiger partial charge is 0.419 e. The lowest BCUT2D eigenvalue weighted by atomic mass is 9.77. The molecule has 134 valence electrons. The van der Waals surface area contributed by atoms with Crippen LogP contribution in [0.25, 0.3) is 0 Å². The average molecular weight is 352 g/mol. The number of aliphatic hydroxyl groups excluding tert-OH is 1. The molecule has 1 aliphatic heterocycles. The number of aliphatic hydroxyl groups is 1. The molecule has 3 heterocycles. The fraction of sp³-hybridized carbons (Fsp3) is 0.529. The number of alkyl halides is 3. The summed E-state index contributed by atoms with van der Waals surface area (Å²) in [7, 11) is 0. The third-order valence-corrected chi connectivity index (χ3v) is 5.41. The number of pyridine rings is 1. The number of anilines is 1. The van der Waals surface area contributed by atoms with E-state index in [0.717, 1.165) is 12.5 Å². The van der Waals surface area contributed by atoms with Gasteiger partial charge in [-0.3, -0.25) is 0 Å². The molecule has 5 nitrogen and oxygen atoms in total. The summed E-state index contributed by atoms with van der Waals surface area (Å²) in [6.45, 7) is 1.03. The molecule has 2 aromatic rings. The van der Waals surface area contributed by atoms with E-state index in [4.69, 9.17) is 0 Å². The maximum absolute atomic E-state index is 13.3. The van der Waals surface area contributed by atoms with Crippen molar-refractivity contribution >= 4 is 5.82 Å². The molecule has 0 spiro atoms. The third-order valence-electron chi connectivity index (χ3n) is 5.41. The first kappa shape index (κ1) is 16.4. The lowest BCUT2D eigenvalue weighted by Crippen LogP contribution is -2.35. The van der Waals surface area contributed by atoms with Crippen LogP contribution in [0, 0.1) is 11.8 Å². The SMILES string of the molecule is O[C@@H]1C[C@H]2CN(c3ncccc3C(F)(F)F)C[C@H]2C[C@H]1n1ccnc1. The van der Waals surface area contributed by atoms with E-state index in [1.807, 2.05) is 10.8 Å². The summed E-state index contributed by atoms with van der Waals surface area (Å²) in [5.74, 6) is 0.412. The van der Waals surface area contributed by atoms with Gasteiger partial charge in [0.25, 0.3) is 0 Å². The van der Waals surface area contributed by atoms with E-state index in [0.29, 0.717) is 19.5 Å². The fourth-order valence-electron chi connectivity index (χ4n) is 4.24. The van der Waals surface area contributed by atoms with Crippen LogP contribution in [0.4, 0.5) is 19.0 Å². The summed E-state index contributed by atoms with van der Waals surface area (Å²) in [6.07, 6.45) is 2.95. The minimum absolute atomic E-state index is 0.00179. The van der Waals surface area contributed by atoms with Crippen LogP contribution in [-0.2, 0) is 6.18 Å². The van der Waals surface area contributed by atoms with Crippen molar-refractivity contribution in [1.82, 2.24) is 14.5 Å². The molecule has 2 fully saturated rings. The van der Waals surface area contributed by atoms with Gasteiger partial charge in [-0.05, 0) is 36.8 Å². The minimum atomic E-state index is -4.42. The van der Waals surface area contributed by atoms with Crippen molar-refractivity contribution in [3.05, 3.63) is 42.6 Å². The first-order valence-corrected chi connectivity index (χ1v) is 8.36. The Balaban J connectivity index is 1.56. The Labute approximate surface area is 143 Å². The fourth-order valence-corrected chi connectivity index (χ4v) is 4.24.